The fourth-order valence-electron chi connectivity index (χ4n) is 6.77. The zero-order chi connectivity index (χ0) is 31.5. The lowest BCUT2D eigenvalue weighted by Gasteiger charge is -2.46. The Morgan fingerprint density at radius 3 is 2.40 bits per heavy atom. The number of ether oxygens (including phenoxy) is 3. The second-order valence-electron chi connectivity index (χ2n) is 11.4. The van der Waals surface area contributed by atoms with Crippen LogP contribution in [-0.4, -0.2) is 30.6 Å². The van der Waals surface area contributed by atoms with Crippen LogP contribution in [0.4, 0.5) is 22.0 Å². The predicted octanol–water partition coefficient (Wildman–Crippen LogP) is 8.31. The minimum absolute atomic E-state index is 0.0338. The molecule has 10 heteroatoms. The Morgan fingerprint density at radius 2 is 1.69 bits per heavy atom. The van der Waals surface area contributed by atoms with Gasteiger partial charge in [-0.05, 0) is 95.3 Å². The Kier molecular flexibility index (Phi) is 7.19. The van der Waals surface area contributed by atoms with E-state index in [-0.39, 0.29) is 30.1 Å². The van der Waals surface area contributed by atoms with Gasteiger partial charge in [-0.1, -0.05) is 18.2 Å². The molecular formula is C35H29F5N2O3. The molecule has 4 aromatic carbocycles. The van der Waals surface area contributed by atoms with E-state index < -0.39 is 17.6 Å². The Hall–Kier alpha value is -4.57. The normalized spacial score (nSPS) is 17.8. The highest BCUT2D eigenvalue weighted by atomic mass is 19.4. The number of methoxy groups -OCH3 is 2. The summed E-state index contributed by atoms with van der Waals surface area (Å²) in [5, 5.41) is 1.07. The van der Waals surface area contributed by atoms with Crippen LogP contribution in [0, 0.1) is 11.6 Å². The van der Waals surface area contributed by atoms with Gasteiger partial charge in [0.05, 0.1) is 25.8 Å². The molecule has 2 aliphatic heterocycles. The molecule has 0 amide bonds. The standard InChI is InChI=1S/C35H29F5N2O3/c1-43-23-8-10-29-25(15-23)26-16-30-24-17-31(44-2)32(45-18-19-3-9-27(28(37)13-19)35(38,39)40)14-21(24)11-12-42(30)34(33(26)41-29)20-4-6-22(36)7-5-20/h3-10,13-15,17,30,34,41H,11-12,16,18H2,1-2H3. The predicted molar refractivity (Wildman–Crippen MR) is 159 cm³/mol. The third-order valence-electron chi connectivity index (χ3n) is 8.89. The molecule has 5 nitrogen and oxygen atoms in total. The molecule has 0 radical (unpaired) electrons. The topological polar surface area (TPSA) is 46.7 Å². The number of hydrogen-bond donors (Lipinski definition) is 1. The molecule has 3 heterocycles. The lowest BCUT2D eigenvalue weighted by molar-refractivity contribution is -0.140. The van der Waals surface area contributed by atoms with Crippen LogP contribution >= 0.6 is 0 Å². The van der Waals surface area contributed by atoms with Gasteiger partial charge in [0, 0.05) is 29.2 Å². The SMILES string of the molecule is COc1ccc2[nH]c3c(c2c1)CC1c2cc(OC)c(OCc4ccc(C(F)(F)F)c(F)c4)cc2CCN1C3c1ccc(F)cc1. The van der Waals surface area contributed by atoms with Gasteiger partial charge in [-0.2, -0.15) is 13.2 Å². The molecule has 0 saturated heterocycles. The van der Waals surface area contributed by atoms with Gasteiger partial charge >= 0.3 is 6.18 Å². The van der Waals surface area contributed by atoms with Crippen molar-refractivity contribution in [1.29, 1.82) is 0 Å². The lowest BCUT2D eigenvalue weighted by atomic mass is 9.80. The number of hydrogen-bond acceptors (Lipinski definition) is 4. The molecule has 1 N–H and O–H groups in total. The number of aromatic amines is 1. The number of nitrogens with one attached hydrogen (secondary N) is 1. The highest BCUT2D eigenvalue weighted by Crippen LogP contribution is 2.50. The first-order chi connectivity index (χ1) is 21.6. The minimum Gasteiger partial charge on any atom is -0.497 e. The molecule has 45 heavy (non-hydrogen) atoms. The van der Waals surface area contributed by atoms with E-state index in [4.69, 9.17) is 14.2 Å². The van der Waals surface area contributed by atoms with Crippen molar-refractivity contribution >= 4 is 10.9 Å². The van der Waals surface area contributed by atoms with Crippen LogP contribution in [0.1, 0.15) is 51.2 Å². The van der Waals surface area contributed by atoms with Crippen molar-refractivity contribution in [2.24, 2.45) is 0 Å². The summed E-state index contributed by atoms with van der Waals surface area (Å²) in [6, 6.07) is 19.0. The largest absolute Gasteiger partial charge is 0.497 e. The van der Waals surface area contributed by atoms with Crippen LogP contribution in [0.3, 0.4) is 0 Å². The fraction of sp³-hybridized carbons (Fsp3) is 0.257. The maximum absolute atomic E-state index is 14.2. The first-order valence-corrected chi connectivity index (χ1v) is 14.5. The van der Waals surface area contributed by atoms with E-state index in [0.29, 0.717) is 30.9 Å². The van der Waals surface area contributed by atoms with Gasteiger partial charge in [0.15, 0.2) is 11.5 Å². The van der Waals surface area contributed by atoms with Crippen molar-refractivity contribution in [3.63, 3.8) is 0 Å². The summed E-state index contributed by atoms with van der Waals surface area (Å²) in [6.45, 7) is 0.584. The molecule has 0 spiro atoms. The zero-order valence-corrected chi connectivity index (χ0v) is 24.5. The summed E-state index contributed by atoms with van der Waals surface area (Å²) in [5.41, 5.74) is 5.28. The van der Waals surface area contributed by atoms with E-state index in [9.17, 15) is 22.0 Å². The summed E-state index contributed by atoms with van der Waals surface area (Å²) < 4.78 is 84.4. The third-order valence-corrected chi connectivity index (χ3v) is 8.89. The van der Waals surface area contributed by atoms with Crippen LogP contribution in [-0.2, 0) is 25.6 Å². The van der Waals surface area contributed by atoms with Crippen LogP contribution in [0.5, 0.6) is 17.2 Å². The summed E-state index contributed by atoms with van der Waals surface area (Å²) in [4.78, 5) is 6.07. The Morgan fingerprint density at radius 1 is 0.889 bits per heavy atom. The number of halogens is 5. The minimum atomic E-state index is -4.77. The van der Waals surface area contributed by atoms with Crippen LogP contribution < -0.4 is 14.2 Å². The molecule has 1 aromatic heterocycles. The third kappa shape index (κ3) is 5.16. The summed E-state index contributed by atoms with van der Waals surface area (Å²) in [6.07, 6.45) is -3.36. The van der Waals surface area contributed by atoms with Gasteiger partial charge in [-0.25, -0.2) is 8.78 Å². The molecule has 2 unspecified atom stereocenters. The first kappa shape index (κ1) is 29.2. The lowest BCUT2D eigenvalue weighted by Crippen LogP contribution is -2.43. The van der Waals surface area contributed by atoms with E-state index >= 15 is 0 Å². The van der Waals surface area contributed by atoms with Crippen molar-refractivity contribution in [1.82, 2.24) is 9.88 Å². The molecule has 2 atom stereocenters. The van der Waals surface area contributed by atoms with Gasteiger partial charge in [-0.3, -0.25) is 4.90 Å². The maximum atomic E-state index is 14.2. The molecular weight excluding hydrogens is 591 g/mol. The van der Waals surface area contributed by atoms with E-state index in [1.165, 1.54) is 25.3 Å². The van der Waals surface area contributed by atoms with Gasteiger partial charge < -0.3 is 19.2 Å². The number of fused-ring (bicyclic) bond motifs is 6. The van der Waals surface area contributed by atoms with Crippen molar-refractivity contribution in [3.8, 4) is 17.2 Å². The van der Waals surface area contributed by atoms with Crippen molar-refractivity contribution in [2.75, 3.05) is 20.8 Å². The van der Waals surface area contributed by atoms with Crippen molar-refractivity contribution in [2.45, 2.75) is 37.7 Å². The number of aromatic nitrogens is 1. The number of rotatable bonds is 6. The van der Waals surface area contributed by atoms with E-state index in [1.807, 2.05) is 42.5 Å². The maximum Gasteiger partial charge on any atom is 0.419 e. The highest BCUT2D eigenvalue weighted by molar-refractivity contribution is 5.87. The van der Waals surface area contributed by atoms with E-state index in [1.54, 1.807) is 7.11 Å². The van der Waals surface area contributed by atoms with Crippen LogP contribution in [0.15, 0.2) is 72.8 Å². The number of alkyl halides is 3. The van der Waals surface area contributed by atoms with Crippen molar-refractivity contribution in [3.05, 3.63) is 124 Å². The summed E-state index contributed by atoms with van der Waals surface area (Å²) >= 11 is 0. The molecule has 2 aliphatic rings. The molecule has 232 valence electrons. The number of benzene rings is 4. The average molecular weight is 621 g/mol. The highest BCUT2D eigenvalue weighted by Gasteiger charge is 2.41. The summed E-state index contributed by atoms with van der Waals surface area (Å²) in [5.74, 6) is 0.00278. The quantitative estimate of drug-likeness (QED) is 0.194. The van der Waals surface area contributed by atoms with Gasteiger partial charge in [0.2, 0.25) is 0 Å². The summed E-state index contributed by atoms with van der Waals surface area (Å²) in [7, 11) is 3.17. The van der Waals surface area contributed by atoms with E-state index in [2.05, 4.69) is 9.88 Å². The smallest absolute Gasteiger partial charge is 0.419 e. The van der Waals surface area contributed by atoms with Gasteiger partial charge in [0.1, 0.15) is 24.0 Å². The second-order valence-corrected chi connectivity index (χ2v) is 11.4. The number of H-pyrrole nitrogens is 1. The molecule has 7 rings (SSSR count). The monoisotopic (exact) mass is 620 g/mol. The first-order valence-electron chi connectivity index (χ1n) is 14.5. The van der Waals surface area contributed by atoms with Crippen LogP contribution in [0.25, 0.3) is 10.9 Å². The zero-order valence-electron chi connectivity index (χ0n) is 24.5. The molecule has 0 saturated carbocycles. The van der Waals surface area contributed by atoms with Crippen molar-refractivity contribution < 1.29 is 36.2 Å². The molecule has 0 aliphatic carbocycles. The Bertz CT molecular complexity index is 1900. The molecule has 0 fully saturated rings. The van der Waals surface area contributed by atoms with E-state index in [0.717, 1.165) is 56.7 Å². The molecule has 5 aromatic rings. The Balaban J connectivity index is 1.26. The average Bonchev–Trinajstić information content (AvgIpc) is 3.39. The number of nitrogens with zero attached hydrogens (tertiary/aromatic N) is 1. The fourth-order valence-corrected chi connectivity index (χ4v) is 6.77. The van der Waals surface area contributed by atoms with Gasteiger partial charge in [-0.15, -0.1) is 0 Å². The van der Waals surface area contributed by atoms with Crippen LogP contribution in [0.2, 0.25) is 0 Å². The van der Waals surface area contributed by atoms with Gasteiger partial charge in [0.25, 0.3) is 0 Å². The Labute approximate surface area is 256 Å². The molecule has 0 bridgehead atoms. The second kappa shape index (κ2) is 11.1.